The summed E-state index contributed by atoms with van der Waals surface area (Å²) in [5.74, 6) is -0.138. The van der Waals surface area contributed by atoms with E-state index >= 15 is 0 Å². The fourth-order valence-corrected chi connectivity index (χ4v) is 5.24. The molecular weight excluding hydrogens is 350 g/mol. The van der Waals surface area contributed by atoms with Crippen LogP contribution >= 0.6 is 0 Å². The Bertz CT molecular complexity index is 706. The molecule has 7 heteroatoms. The number of amides is 1. The maximum atomic E-state index is 12.8. The molecule has 1 heterocycles. The van der Waals surface area contributed by atoms with Crippen LogP contribution in [-0.2, 0) is 10.0 Å². The van der Waals surface area contributed by atoms with Gasteiger partial charge in [-0.25, -0.2) is 8.42 Å². The third kappa shape index (κ3) is 4.45. The fraction of sp³-hybridized carbons (Fsp3) is 0.632. The molecule has 2 fully saturated rings. The lowest BCUT2D eigenvalue weighted by molar-refractivity contribution is 0.0929. The Morgan fingerprint density at radius 1 is 1.04 bits per heavy atom. The zero-order valence-electron chi connectivity index (χ0n) is 15.4. The third-order valence-corrected chi connectivity index (χ3v) is 7.48. The Morgan fingerprint density at radius 3 is 2.27 bits per heavy atom. The summed E-state index contributed by atoms with van der Waals surface area (Å²) in [4.78, 5) is 12.6. The van der Waals surface area contributed by atoms with Gasteiger partial charge in [0, 0.05) is 24.7 Å². The average Bonchev–Trinajstić information content (AvgIpc) is 2.69. The molecule has 0 bridgehead atoms. The monoisotopic (exact) mass is 379 g/mol. The number of piperidine rings is 1. The minimum atomic E-state index is -3.51. The van der Waals surface area contributed by atoms with E-state index in [2.05, 4.69) is 10.6 Å². The van der Waals surface area contributed by atoms with Crippen molar-refractivity contribution >= 4 is 15.9 Å². The summed E-state index contributed by atoms with van der Waals surface area (Å²) in [7, 11) is -1.85. The van der Waals surface area contributed by atoms with Crippen LogP contribution in [0.5, 0.6) is 0 Å². The van der Waals surface area contributed by atoms with Gasteiger partial charge >= 0.3 is 0 Å². The van der Waals surface area contributed by atoms with Crippen molar-refractivity contribution in [2.75, 3.05) is 20.1 Å². The average molecular weight is 380 g/mol. The van der Waals surface area contributed by atoms with Gasteiger partial charge in [0.25, 0.3) is 5.91 Å². The van der Waals surface area contributed by atoms with Crippen LogP contribution in [0.3, 0.4) is 0 Å². The molecule has 1 saturated carbocycles. The van der Waals surface area contributed by atoms with Gasteiger partial charge in [-0.05, 0) is 63.0 Å². The normalized spacial score (nSPS) is 20.2. The molecule has 6 nitrogen and oxygen atoms in total. The highest BCUT2D eigenvalue weighted by Gasteiger charge is 2.29. The van der Waals surface area contributed by atoms with E-state index in [0.717, 1.165) is 51.6 Å². The van der Waals surface area contributed by atoms with Crippen molar-refractivity contribution in [2.24, 2.45) is 0 Å². The Morgan fingerprint density at radius 2 is 1.65 bits per heavy atom. The predicted molar refractivity (Wildman–Crippen MR) is 102 cm³/mol. The van der Waals surface area contributed by atoms with Gasteiger partial charge in [0.2, 0.25) is 10.0 Å². The zero-order chi connectivity index (χ0) is 18.6. The van der Waals surface area contributed by atoms with Crippen molar-refractivity contribution in [1.82, 2.24) is 14.9 Å². The van der Waals surface area contributed by atoms with Crippen LogP contribution in [0.15, 0.2) is 29.2 Å². The van der Waals surface area contributed by atoms with Crippen molar-refractivity contribution < 1.29 is 13.2 Å². The van der Waals surface area contributed by atoms with Crippen LogP contribution in [0.2, 0.25) is 0 Å². The van der Waals surface area contributed by atoms with Crippen molar-refractivity contribution in [3.8, 4) is 0 Å². The molecule has 2 N–H and O–H groups in total. The van der Waals surface area contributed by atoms with Gasteiger partial charge in [0.05, 0.1) is 4.90 Å². The molecule has 1 aliphatic heterocycles. The second kappa shape index (κ2) is 8.50. The number of carbonyl (C=O) groups is 1. The van der Waals surface area contributed by atoms with Gasteiger partial charge in [-0.1, -0.05) is 19.3 Å². The molecule has 1 amide bonds. The summed E-state index contributed by atoms with van der Waals surface area (Å²) < 4.78 is 27.2. The molecule has 0 unspecified atom stereocenters. The second-order valence-corrected chi connectivity index (χ2v) is 9.33. The molecule has 1 aromatic carbocycles. The Kier molecular flexibility index (Phi) is 6.32. The van der Waals surface area contributed by atoms with E-state index in [1.165, 1.54) is 10.7 Å². The molecule has 2 aliphatic rings. The van der Waals surface area contributed by atoms with Crippen molar-refractivity contribution in [1.29, 1.82) is 0 Å². The van der Waals surface area contributed by atoms with Gasteiger partial charge in [-0.15, -0.1) is 0 Å². The first-order valence-electron chi connectivity index (χ1n) is 9.58. The number of benzene rings is 1. The van der Waals surface area contributed by atoms with E-state index in [1.54, 1.807) is 31.3 Å². The van der Waals surface area contributed by atoms with Gasteiger partial charge in [-0.2, -0.15) is 4.31 Å². The van der Waals surface area contributed by atoms with Crippen LogP contribution in [0.25, 0.3) is 0 Å². The van der Waals surface area contributed by atoms with Crippen molar-refractivity contribution in [3.05, 3.63) is 29.8 Å². The molecule has 1 aliphatic carbocycles. The first-order valence-corrected chi connectivity index (χ1v) is 11.0. The number of hydrogen-bond donors (Lipinski definition) is 2. The van der Waals surface area contributed by atoms with Crippen LogP contribution in [0, 0.1) is 0 Å². The third-order valence-electron chi connectivity index (χ3n) is 5.56. The number of rotatable bonds is 5. The van der Waals surface area contributed by atoms with Gasteiger partial charge in [0.1, 0.15) is 0 Å². The van der Waals surface area contributed by atoms with E-state index in [0.29, 0.717) is 5.56 Å². The van der Waals surface area contributed by atoms with E-state index in [-0.39, 0.29) is 22.9 Å². The standard InChI is InChI=1S/C19H29N3O3S/c1-22(17-5-3-2-4-6-17)26(24,25)18-9-7-15(8-10-18)19(23)21-16-11-13-20-14-12-16/h7-10,16-17,20H,2-6,11-14H2,1H3,(H,21,23). The minimum Gasteiger partial charge on any atom is -0.349 e. The molecule has 1 aromatic rings. The summed E-state index contributed by atoms with van der Waals surface area (Å²) in [5, 5.41) is 6.30. The quantitative estimate of drug-likeness (QED) is 0.821. The number of nitrogens with zero attached hydrogens (tertiary/aromatic N) is 1. The van der Waals surface area contributed by atoms with E-state index in [1.807, 2.05) is 0 Å². The molecular formula is C19H29N3O3S. The number of sulfonamides is 1. The number of carbonyl (C=O) groups excluding carboxylic acids is 1. The molecule has 26 heavy (non-hydrogen) atoms. The van der Waals surface area contributed by atoms with E-state index in [9.17, 15) is 13.2 Å². The maximum Gasteiger partial charge on any atom is 0.251 e. The molecule has 0 spiro atoms. The second-order valence-electron chi connectivity index (χ2n) is 7.34. The van der Waals surface area contributed by atoms with E-state index < -0.39 is 10.0 Å². The SMILES string of the molecule is CN(C1CCCCC1)S(=O)(=O)c1ccc(C(=O)NC2CCNCC2)cc1. The Labute approximate surface area is 156 Å². The molecule has 3 rings (SSSR count). The lowest BCUT2D eigenvalue weighted by Crippen LogP contribution is -2.42. The summed E-state index contributed by atoms with van der Waals surface area (Å²) in [5.41, 5.74) is 0.503. The van der Waals surface area contributed by atoms with E-state index in [4.69, 9.17) is 0 Å². The largest absolute Gasteiger partial charge is 0.349 e. The Hall–Kier alpha value is -1.44. The molecule has 1 saturated heterocycles. The summed E-state index contributed by atoms with van der Waals surface area (Å²) >= 11 is 0. The highest BCUT2D eigenvalue weighted by atomic mass is 32.2. The van der Waals surface area contributed by atoms with Crippen LogP contribution in [0.4, 0.5) is 0 Å². The predicted octanol–water partition coefficient (Wildman–Crippen LogP) is 2.12. The molecule has 0 aromatic heterocycles. The molecule has 0 radical (unpaired) electrons. The highest BCUT2D eigenvalue weighted by Crippen LogP contribution is 2.26. The van der Waals surface area contributed by atoms with Crippen LogP contribution in [0.1, 0.15) is 55.3 Å². The van der Waals surface area contributed by atoms with Gasteiger partial charge in [-0.3, -0.25) is 4.79 Å². The molecule has 0 atom stereocenters. The zero-order valence-corrected chi connectivity index (χ0v) is 16.2. The Balaban J connectivity index is 1.66. The smallest absolute Gasteiger partial charge is 0.251 e. The first-order chi connectivity index (χ1) is 12.5. The fourth-order valence-electron chi connectivity index (χ4n) is 3.82. The highest BCUT2D eigenvalue weighted by molar-refractivity contribution is 7.89. The minimum absolute atomic E-state index is 0.0802. The first kappa shape index (κ1) is 19.3. The lowest BCUT2D eigenvalue weighted by atomic mass is 9.96. The van der Waals surface area contributed by atoms with Gasteiger partial charge < -0.3 is 10.6 Å². The summed E-state index contributed by atoms with van der Waals surface area (Å²) in [6.07, 6.45) is 7.04. The topological polar surface area (TPSA) is 78.5 Å². The van der Waals surface area contributed by atoms with Gasteiger partial charge in [0.15, 0.2) is 0 Å². The lowest BCUT2D eigenvalue weighted by Gasteiger charge is -2.30. The summed E-state index contributed by atoms with van der Waals surface area (Å²) in [6, 6.07) is 6.58. The number of nitrogens with one attached hydrogen (secondary N) is 2. The van der Waals surface area contributed by atoms with Crippen molar-refractivity contribution in [3.63, 3.8) is 0 Å². The van der Waals surface area contributed by atoms with Crippen LogP contribution < -0.4 is 10.6 Å². The number of hydrogen-bond acceptors (Lipinski definition) is 4. The summed E-state index contributed by atoms with van der Waals surface area (Å²) in [6.45, 7) is 1.82. The van der Waals surface area contributed by atoms with Crippen molar-refractivity contribution in [2.45, 2.75) is 61.9 Å². The molecule has 144 valence electrons. The van der Waals surface area contributed by atoms with Crippen LogP contribution in [-0.4, -0.2) is 50.9 Å². The maximum absolute atomic E-state index is 12.8.